The van der Waals surface area contributed by atoms with E-state index in [9.17, 15) is 0 Å². The second-order valence-corrected chi connectivity index (χ2v) is 4.17. The van der Waals surface area contributed by atoms with Crippen LogP contribution < -0.4 is 15.0 Å². The number of nitrogens with one attached hydrogen (secondary N) is 1. The highest BCUT2D eigenvalue weighted by Crippen LogP contribution is 2.21. The van der Waals surface area contributed by atoms with Gasteiger partial charge in [-0.1, -0.05) is 0 Å². The molecule has 0 fully saturated rings. The molecule has 6 heteroatoms. The van der Waals surface area contributed by atoms with Gasteiger partial charge in [0.25, 0.3) is 0 Å². The van der Waals surface area contributed by atoms with E-state index in [1.165, 1.54) is 4.90 Å². The molecular formula is C14H15N5O. The number of aryl methyl sites for hydroxylation is 1. The normalized spacial score (nSPS) is 9.70. The van der Waals surface area contributed by atoms with Crippen molar-refractivity contribution in [2.24, 2.45) is 0 Å². The van der Waals surface area contributed by atoms with Crippen LogP contribution in [0.4, 0.5) is 17.3 Å². The minimum absolute atomic E-state index is 0.552. The molecule has 0 saturated heterocycles. The summed E-state index contributed by atoms with van der Waals surface area (Å²) in [6, 6.07) is 9.23. The molecule has 0 spiro atoms. The Morgan fingerprint density at radius 3 is 2.55 bits per heavy atom. The van der Waals surface area contributed by atoms with E-state index in [4.69, 9.17) is 10.00 Å². The van der Waals surface area contributed by atoms with Crippen molar-refractivity contribution in [1.29, 1.82) is 5.26 Å². The first-order valence-corrected chi connectivity index (χ1v) is 6.02. The van der Waals surface area contributed by atoms with Crippen molar-refractivity contribution >= 4 is 17.3 Å². The number of benzene rings is 1. The van der Waals surface area contributed by atoms with Crippen molar-refractivity contribution in [3.05, 3.63) is 36.2 Å². The Kier molecular flexibility index (Phi) is 4.01. The second kappa shape index (κ2) is 5.89. The van der Waals surface area contributed by atoms with E-state index >= 15 is 0 Å². The van der Waals surface area contributed by atoms with Crippen LogP contribution in [-0.4, -0.2) is 24.1 Å². The lowest BCUT2D eigenvalue weighted by molar-refractivity contribution is 0.415. The molecule has 1 aromatic heterocycles. The molecule has 1 heterocycles. The molecule has 0 unspecified atom stereocenters. The summed E-state index contributed by atoms with van der Waals surface area (Å²) >= 11 is 0. The molecule has 0 aliphatic carbocycles. The summed E-state index contributed by atoms with van der Waals surface area (Å²) in [6.07, 6.45) is 2.01. The van der Waals surface area contributed by atoms with Gasteiger partial charge in [0.05, 0.1) is 7.11 Å². The van der Waals surface area contributed by atoms with Gasteiger partial charge < -0.3 is 10.1 Å². The van der Waals surface area contributed by atoms with Gasteiger partial charge in [-0.25, -0.2) is 9.97 Å². The Morgan fingerprint density at radius 2 is 1.95 bits per heavy atom. The first-order valence-electron chi connectivity index (χ1n) is 6.02. The van der Waals surface area contributed by atoms with Crippen LogP contribution in [0.1, 0.15) is 5.82 Å². The Bertz CT molecular complexity index is 633. The molecule has 0 radical (unpaired) electrons. The molecule has 0 saturated carbocycles. The Balaban J connectivity index is 2.24. The van der Waals surface area contributed by atoms with Gasteiger partial charge in [-0.2, -0.15) is 5.26 Å². The summed E-state index contributed by atoms with van der Waals surface area (Å²) in [6.45, 7) is 1.79. The zero-order valence-corrected chi connectivity index (χ0v) is 11.6. The number of rotatable bonds is 4. The fourth-order valence-electron chi connectivity index (χ4n) is 1.66. The van der Waals surface area contributed by atoms with Crippen LogP contribution in [0, 0.1) is 18.4 Å². The van der Waals surface area contributed by atoms with Gasteiger partial charge in [0.1, 0.15) is 23.2 Å². The molecular weight excluding hydrogens is 254 g/mol. The molecule has 102 valence electrons. The van der Waals surface area contributed by atoms with Gasteiger partial charge in [0.2, 0.25) is 0 Å². The van der Waals surface area contributed by atoms with Gasteiger partial charge >= 0.3 is 0 Å². The molecule has 2 aromatic rings. The van der Waals surface area contributed by atoms with Crippen LogP contribution >= 0.6 is 0 Å². The van der Waals surface area contributed by atoms with E-state index in [0.29, 0.717) is 17.5 Å². The molecule has 1 N–H and O–H groups in total. The van der Waals surface area contributed by atoms with Crippen molar-refractivity contribution in [3.8, 4) is 11.9 Å². The van der Waals surface area contributed by atoms with Crippen molar-refractivity contribution in [2.75, 3.05) is 24.4 Å². The molecule has 0 aliphatic heterocycles. The molecule has 1 aromatic carbocycles. The van der Waals surface area contributed by atoms with Crippen LogP contribution in [0.15, 0.2) is 30.3 Å². The zero-order valence-electron chi connectivity index (χ0n) is 11.6. The minimum Gasteiger partial charge on any atom is -0.497 e. The largest absolute Gasteiger partial charge is 0.497 e. The highest BCUT2D eigenvalue weighted by atomic mass is 16.5. The molecule has 6 nitrogen and oxygen atoms in total. The minimum atomic E-state index is 0.552. The third kappa shape index (κ3) is 3.14. The van der Waals surface area contributed by atoms with E-state index in [2.05, 4.69) is 15.3 Å². The molecule has 0 atom stereocenters. The summed E-state index contributed by atoms with van der Waals surface area (Å²) in [7, 11) is 3.28. The first-order chi connectivity index (χ1) is 9.62. The molecule has 2 rings (SSSR count). The van der Waals surface area contributed by atoms with E-state index in [0.717, 1.165) is 11.4 Å². The van der Waals surface area contributed by atoms with Gasteiger partial charge in [-0.3, -0.25) is 4.90 Å². The number of hydrogen-bond donors (Lipinski definition) is 1. The van der Waals surface area contributed by atoms with Crippen LogP contribution in [0.2, 0.25) is 0 Å². The highest BCUT2D eigenvalue weighted by Gasteiger charge is 2.06. The highest BCUT2D eigenvalue weighted by molar-refractivity contribution is 5.60. The maximum absolute atomic E-state index is 8.90. The number of methoxy groups -OCH3 is 1. The van der Waals surface area contributed by atoms with Crippen molar-refractivity contribution in [1.82, 2.24) is 9.97 Å². The summed E-state index contributed by atoms with van der Waals surface area (Å²) < 4.78 is 5.11. The number of hydrogen-bond acceptors (Lipinski definition) is 6. The van der Waals surface area contributed by atoms with Crippen LogP contribution in [-0.2, 0) is 0 Å². The van der Waals surface area contributed by atoms with Crippen molar-refractivity contribution in [2.45, 2.75) is 6.92 Å². The summed E-state index contributed by atoms with van der Waals surface area (Å²) in [5, 5.41) is 12.1. The fourth-order valence-corrected chi connectivity index (χ4v) is 1.66. The van der Waals surface area contributed by atoms with Crippen LogP contribution in [0.5, 0.6) is 5.75 Å². The van der Waals surface area contributed by atoms with Crippen molar-refractivity contribution in [3.63, 3.8) is 0 Å². The Hall–Kier alpha value is -2.81. The molecule has 0 amide bonds. The number of ether oxygens (including phenoxy) is 1. The van der Waals surface area contributed by atoms with E-state index < -0.39 is 0 Å². The fraction of sp³-hybridized carbons (Fsp3) is 0.214. The molecule has 0 bridgehead atoms. The van der Waals surface area contributed by atoms with Gasteiger partial charge in [-0.15, -0.1) is 0 Å². The number of nitrogens with zero attached hydrogens (tertiary/aromatic N) is 4. The Labute approximate surface area is 117 Å². The van der Waals surface area contributed by atoms with Gasteiger partial charge in [0, 0.05) is 18.8 Å². The van der Waals surface area contributed by atoms with Crippen LogP contribution in [0.25, 0.3) is 0 Å². The lowest BCUT2D eigenvalue weighted by Gasteiger charge is -2.12. The average Bonchev–Trinajstić information content (AvgIpc) is 2.46. The maximum Gasteiger partial charge on any atom is 0.185 e. The molecule has 0 aliphatic rings. The molecule has 20 heavy (non-hydrogen) atoms. The monoisotopic (exact) mass is 269 g/mol. The van der Waals surface area contributed by atoms with E-state index in [-0.39, 0.29) is 0 Å². The standard InChI is InChI=1S/C14H15N5O/c1-10-16-13(8-14(17-10)19(2)9-15)18-11-4-6-12(20-3)7-5-11/h4-8H,1-3H3,(H,16,17,18). The zero-order chi connectivity index (χ0) is 14.5. The lowest BCUT2D eigenvalue weighted by Crippen LogP contribution is -2.12. The third-order valence-electron chi connectivity index (χ3n) is 2.68. The Morgan fingerprint density at radius 1 is 1.25 bits per heavy atom. The number of nitriles is 1. The smallest absolute Gasteiger partial charge is 0.185 e. The first kappa shape index (κ1) is 13.6. The third-order valence-corrected chi connectivity index (χ3v) is 2.68. The van der Waals surface area contributed by atoms with Crippen LogP contribution in [0.3, 0.4) is 0 Å². The number of aromatic nitrogens is 2. The van der Waals surface area contributed by atoms with Gasteiger partial charge in [0.15, 0.2) is 6.19 Å². The lowest BCUT2D eigenvalue weighted by atomic mass is 10.3. The summed E-state index contributed by atoms with van der Waals surface area (Å²) in [5.41, 5.74) is 0.884. The van der Waals surface area contributed by atoms with E-state index in [1.807, 2.05) is 30.5 Å². The maximum atomic E-state index is 8.90. The van der Waals surface area contributed by atoms with Crippen molar-refractivity contribution < 1.29 is 4.74 Å². The predicted octanol–water partition coefficient (Wildman–Crippen LogP) is 2.45. The second-order valence-electron chi connectivity index (χ2n) is 4.17. The summed E-state index contributed by atoms with van der Waals surface area (Å²) in [5.74, 6) is 2.58. The quantitative estimate of drug-likeness (QED) is 0.679. The number of anilines is 3. The van der Waals surface area contributed by atoms with E-state index in [1.54, 1.807) is 27.1 Å². The average molecular weight is 269 g/mol. The topological polar surface area (TPSA) is 74.1 Å². The SMILES string of the molecule is COc1ccc(Nc2cc(N(C)C#N)nc(C)n2)cc1. The predicted molar refractivity (Wildman–Crippen MR) is 77.1 cm³/mol. The van der Waals surface area contributed by atoms with Gasteiger partial charge in [-0.05, 0) is 31.2 Å². The summed E-state index contributed by atoms with van der Waals surface area (Å²) in [4.78, 5) is 9.89.